The maximum absolute atomic E-state index is 13.5. The van der Waals surface area contributed by atoms with Crippen LogP contribution in [0.4, 0.5) is 18.9 Å². The Hall–Kier alpha value is -3.60. The Morgan fingerprint density at radius 3 is 2.31 bits per heavy atom. The molecule has 1 saturated heterocycles. The minimum atomic E-state index is -4.71. The van der Waals surface area contributed by atoms with Crippen molar-refractivity contribution in [2.45, 2.75) is 79.1 Å². The zero-order chi connectivity index (χ0) is 36.3. The number of piperidine rings is 1. The predicted octanol–water partition coefficient (Wildman–Crippen LogP) is 6.49. The summed E-state index contributed by atoms with van der Waals surface area (Å²) >= 11 is 5.63. The van der Waals surface area contributed by atoms with E-state index in [1.165, 1.54) is 24.4 Å². The van der Waals surface area contributed by atoms with Crippen molar-refractivity contribution in [3.05, 3.63) is 53.2 Å². The normalized spacial score (nSPS) is 13.5. The number of benzene rings is 1. The molecular weight excluding hydrogens is 641 g/mol. The van der Waals surface area contributed by atoms with Gasteiger partial charge in [0.15, 0.2) is 5.11 Å². The Morgan fingerprint density at radius 2 is 1.83 bits per heavy atom. The quantitative estimate of drug-likeness (QED) is 0.142. The zero-order valence-corrected chi connectivity index (χ0v) is 30.1. The highest BCUT2D eigenvalue weighted by molar-refractivity contribution is 7.80. The van der Waals surface area contributed by atoms with Gasteiger partial charge in [-0.25, -0.2) is 4.98 Å². The number of alkyl halides is 3. The van der Waals surface area contributed by atoms with Gasteiger partial charge in [-0.05, 0) is 95.3 Å². The summed E-state index contributed by atoms with van der Waals surface area (Å²) in [6.07, 6.45) is 1.59. The molecule has 1 aliphatic rings. The van der Waals surface area contributed by atoms with Crippen LogP contribution < -0.4 is 15.0 Å². The fraction of sp³-hybridized carbons (Fsp3) is 0.571. The largest absolute Gasteiger partial charge is 0.476 e. The molecule has 0 atom stereocenters. The highest BCUT2D eigenvalue weighted by Crippen LogP contribution is 2.35. The van der Waals surface area contributed by atoms with Gasteiger partial charge in [0.2, 0.25) is 5.88 Å². The van der Waals surface area contributed by atoms with Gasteiger partial charge >= 0.3 is 6.18 Å². The number of pyridine rings is 1. The number of ether oxygens (including phenoxy) is 1. The van der Waals surface area contributed by atoms with Gasteiger partial charge in [0.05, 0.1) is 22.7 Å². The Labute approximate surface area is 289 Å². The number of likely N-dealkylation sites (tertiary alicyclic amines) is 1. The number of halogens is 3. The lowest BCUT2D eigenvalue weighted by molar-refractivity contribution is -0.137. The van der Waals surface area contributed by atoms with E-state index in [1.54, 1.807) is 43.1 Å². The van der Waals surface area contributed by atoms with Gasteiger partial charge in [-0.1, -0.05) is 33.8 Å². The Bertz CT molecular complexity index is 1310. The number of rotatable bonds is 13. The number of nitrogens with one attached hydrogen (secondary N) is 1. The first-order chi connectivity index (χ1) is 22.8. The van der Waals surface area contributed by atoms with Crippen LogP contribution in [0.5, 0.6) is 5.88 Å². The lowest BCUT2D eigenvalue weighted by Crippen LogP contribution is -2.52. The minimum Gasteiger partial charge on any atom is -0.476 e. The van der Waals surface area contributed by atoms with Gasteiger partial charge in [-0.15, -0.1) is 0 Å². The van der Waals surface area contributed by atoms with Gasteiger partial charge in [0, 0.05) is 44.0 Å². The molecule has 2 heterocycles. The first kappa shape index (κ1) is 42.4. The number of carbonyl (C=O) groups excluding carboxylic acids is 2. The SMILES string of the molecule is CC.CCCNCC.CN(C(=S)N(Cc1ccc(OCCN2CCC(C=O)CC2)nc1)C(C)(C)C=O)c1ccc(C#N)c(C(F)(F)F)c1. The summed E-state index contributed by atoms with van der Waals surface area (Å²) in [6, 6.07) is 8.41. The third-order valence-electron chi connectivity index (χ3n) is 7.62. The number of thiocarbonyl (C=S) groups is 1. The van der Waals surface area contributed by atoms with Crippen LogP contribution in [0, 0.1) is 17.2 Å². The maximum atomic E-state index is 13.5. The van der Waals surface area contributed by atoms with E-state index in [0.29, 0.717) is 18.1 Å². The van der Waals surface area contributed by atoms with Gasteiger partial charge in [0.1, 0.15) is 19.2 Å². The number of aldehydes is 2. The van der Waals surface area contributed by atoms with Crippen molar-refractivity contribution in [2.75, 3.05) is 51.3 Å². The number of aromatic nitrogens is 1. The third-order valence-corrected chi connectivity index (χ3v) is 8.11. The van der Waals surface area contributed by atoms with Gasteiger partial charge < -0.3 is 29.4 Å². The van der Waals surface area contributed by atoms with Crippen molar-refractivity contribution in [3.8, 4) is 11.9 Å². The number of carbonyl (C=O) groups is 2. The number of nitrogens with zero attached hydrogens (tertiary/aromatic N) is 5. The van der Waals surface area contributed by atoms with Crippen LogP contribution in [0.3, 0.4) is 0 Å². The lowest BCUT2D eigenvalue weighted by atomic mass is 9.99. The van der Waals surface area contributed by atoms with E-state index in [1.807, 2.05) is 13.8 Å². The number of anilines is 1. The lowest BCUT2D eigenvalue weighted by Gasteiger charge is -2.39. The van der Waals surface area contributed by atoms with E-state index in [9.17, 15) is 22.8 Å². The predicted molar refractivity (Wildman–Crippen MR) is 188 cm³/mol. The standard InChI is InChI=1S/C28H32F3N5O3S.C5H13N.C2H6/c1-27(2,19-38)36(26(40)34(3)23-6-5-22(15-32)24(14-23)28(29,30)31)17-21-4-7-25(33-16-21)39-13-12-35-10-8-20(18-37)9-11-35;1-3-5-6-4-2;1-2/h4-7,14,16,18-20H,8-13,17H2,1-3H3;6H,3-5H2,1-2H3;1-2H3. The maximum Gasteiger partial charge on any atom is 0.417 e. The van der Waals surface area contributed by atoms with Crippen LogP contribution >= 0.6 is 12.2 Å². The molecule has 1 fully saturated rings. The summed E-state index contributed by atoms with van der Waals surface area (Å²) in [5.41, 5.74) is -1.80. The fourth-order valence-corrected chi connectivity index (χ4v) is 5.07. The van der Waals surface area contributed by atoms with E-state index < -0.39 is 22.8 Å². The van der Waals surface area contributed by atoms with Gasteiger partial charge in [0.25, 0.3) is 0 Å². The molecule has 0 radical (unpaired) electrons. The Kier molecular flexibility index (Phi) is 18.9. The molecule has 0 spiro atoms. The van der Waals surface area contributed by atoms with E-state index >= 15 is 0 Å². The molecule has 266 valence electrons. The van der Waals surface area contributed by atoms with Crippen LogP contribution in [0.25, 0.3) is 0 Å². The average Bonchev–Trinajstić information content (AvgIpc) is 3.10. The first-order valence-corrected chi connectivity index (χ1v) is 16.8. The average molecular weight is 693 g/mol. The minimum absolute atomic E-state index is 0.119. The first-order valence-electron chi connectivity index (χ1n) is 16.4. The van der Waals surface area contributed by atoms with Crippen LogP contribution in [0.1, 0.15) is 77.5 Å². The molecule has 0 amide bonds. The second-order valence-corrected chi connectivity index (χ2v) is 11.9. The number of hydrogen-bond acceptors (Lipinski definition) is 8. The van der Waals surface area contributed by atoms with Gasteiger partial charge in [-0.3, -0.25) is 4.90 Å². The van der Waals surface area contributed by atoms with Crippen molar-refractivity contribution in [1.82, 2.24) is 20.1 Å². The highest BCUT2D eigenvalue weighted by atomic mass is 32.1. The monoisotopic (exact) mass is 692 g/mol. The van der Waals surface area contributed by atoms with Crippen molar-refractivity contribution in [3.63, 3.8) is 0 Å². The van der Waals surface area contributed by atoms with Crippen LogP contribution in [-0.4, -0.2) is 84.4 Å². The Morgan fingerprint density at radius 1 is 1.17 bits per heavy atom. The molecule has 48 heavy (non-hydrogen) atoms. The molecular formula is C35H51F3N6O3S. The second kappa shape index (κ2) is 21.4. The summed E-state index contributed by atoms with van der Waals surface area (Å²) < 4.78 is 46.3. The molecule has 2 aromatic rings. The van der Waals surface area contributed by atoms with Gasteiger partial charge in [-0.2, -0.15) is 18.4 Å². The molecule has 0 bridgehead atoms. The molecule has 1 aromatic carbocycles. The van der Waals surface area contributed by atoms with Crippen molar-refractivity contribution in [1.29, 1.82) is 5.26 Å². The molecule has 13 heteroatoms. The smallest absolute Gasteiger partial charge is 0.417 e. The Balaban J connectivity index is 0.00000129. The molecule has 0 saturated carbocycles. The number of hydrogen-bond donors (Lipinski definition) is 1. The van der Waals surface area contributed by atoms with E-state index in [2.05, 4.69) is 29.0 Å². The van der Waals surface area contributed by atoms with Crippen molar-refractivity contribution in [2.24, 2.45) is 5.92 Å². The van der Waals surface area contributed by atoms with E-state index in [4.69, 9.17) is 22.2 Å². The third kappa shape index (κ3) is 13.5. The molecule has 0 aliphatic carbocycles. The van der Waals surface area contributed by atoms with Crippen LogP contribution in [0.15, 0.2) is 36.5 Å². The van der Waals surface area contributed by atoms with Crippen molar-refractivity contribution < 1.29 is 27.5 Å². The summed E-state index contributed by atoms with van der Waals surface area (Å²) in [6.45, 7) is 16.9. The highest BCUT2D eigenvalue weighted by Gasteiger charge is 2.35. The summed E-state index contributed by atoms with van der Waals surface area (Å²) in [5, 5.41) is 12.4. The number of nitriles is 1. The van der Waals surface area contributed by atoms with E-state index in [0.717, 1.165) is 70.3 Å². The van der Waals surface area contributed by atoms with Crippen LogP contribution in [0.2, 0.25) is 0 Å². The van der Waals surface area contributed by atoms with Crippen LogP contribution in [-0.2, 0) is 22.3 Å². The molecule has 1 N–H and O–H groups in total. The fourth-order valence-electron chi connectivity index (χ4n) is 4.66. The van der Waals surface area contributed by atoms with E-state index in [-0.39, 0.29) is 23.3 Å². The summed E-state index contributed by atoms with van der Waals surface area (Å²) in [7, 11) is 1.51. The summed E-state index contributed by atoms with van der Waals surface area (Å²) in [5.74, 6) is 0.578. The molecule has 1 aliphatic heterocycles. The van der Waals surface area contributed by atoms with Crippen molar-refractivity contribution >= 4 is 35.6 Å². The topological polar surface area (TPSA) is 102 Å². The molecule has 1 aromatic heterocycles. The molecule has 0 unspecified atom stereocenters. The molecule has 9 nitrogen and oxygen atoms in total. The molecule has 3 rings (SSSR count). The summed E-state index contributed by atoms with van der Waals surface area (Å²) in [4.78, 5) is 32.4. The second-order valence-electron chi connectivity index (χ2n) is 11.6. The zero-order valence-electron chi connectivity index (χ0n) is 29.3.